The number of unbranched alkanes of at least 4 members (excludes halogenated alkanes) is 47. The van der Waals surface area contributed by atoms with E-state index >= 15 is 0 Å². The Morgan fingerprint density at radius 1 is 0.397 bits per heavy atom. The third-order valence-electron chi connectivity index (χ3n) is 14.6. The zero-order chi connectivity index (χ0) is 49.3. The summed E-state index contributed by atoms with van der Waals surface area (Å²) >= 11 is 0. The van der Waals surface area contributed by atoms with Gasteiger partial charge in [-0.1, -0.05) is 315 Å². The van der Waals surface area contributed by atoms with Gasteiger partial charge in [-0.05, 0) is 32.1 Å². The van der Waals surface area contributed by atoms with Gasteiger partial charge in [-0.2, -0.15) is 0 Å². The smallest absolute Gasteiger partial charge is 0.305 e. The first kappa shape index (κ1) is 66.6. The Labute approximate surface area is 425 Å². The number of amides is 1. The molecular formula is C62H121NO5. The highest BCUT2D eigenvalue weighted by atomic mass is 16.5. The van der Waals surface area contributed by atoms with Crippen molar-refractivity contribution in [2.24, 2.45) is 0 Å². The predicted octanol–water partition coefficient (Wildman–Crippen LogP) is 19.2. The third kappa shape index (κ3) is 53.9. The topological polar surface area (TPSA) is 95.9 Å². The van der Waals surface area contributed by atoms with Crippen molar-refractivity contribution in [1.29, 1.82) is 0 Å². The lowest BCUT2D eigenvalue weighted by atomic mass is 10.0. The second-order valence-electron chi connectivity index (χ2n) is 21.4. The standard InChI is InChI=1S/C62H121NO5/c1-3-5-7-9-11-13-15-17-18-25-28-31-34-38-42-46-50-54-60(65)59(58-64)63-61(66)55-51-47-43-39-35-32-29-26-23-21-19-20-22-24-27-30-33-37-41-45-49-53-57-68-62(67)56-52-48-44-40-36-16-14-12-10-8-6-4-2/h50,54,59-60,64-65H,3-49,51-53,55-58H2,1-2H3,(H,63,66)/b54-50+. The number of hydrogen-bond donors (Lipinski definition) is 3. The van der Waals surface area contributed by atoms with Crippen molar-refractivity contribution in [3.05, 3.63) is 12.2 Å². The molecule has 0 aliphatic rings. The van der Waals surface area contributed by atoms with Gasteiger partial charge in [-0.25, -0.2) is 0 Å². The van der Waals surface area contributed by atoms with Gasteiger partial charge in [-0.3, -0.25) is 9.59 Å². The number of ether oxygens (including phenoxy) is 1. The largest absolute Gasteiger partial charge is 0.466 e. The van der Waals surface area contributed by atoms with E-state index in [1.165, 1.54) is 283 Å². The van der Waals surface area contributed by atoms with Crippen LogP contribution in [0, 0.1) is 0 Å². The van der Waals surface area contributed by atoms with Crippen LogP contribution in [0.2, 0.25) is 0 Å². The lowest BCUT2D eigenvalue weighted by Gasteiger charge is -2.20. The van der Waals surface area contributed by atoms with Gasteiger partial charge in [0, 0.05) is 12.8 Å². The van der Waals surface area contributed by atoms with Crippen molar-refractivity contribution < 1.29 is 24.5 Å². The van der Waals surface area contributed by atoms with E-state index < -0.39 is 12.1 Å². The fourth-order valence-electron chi connectivity index (χ4n) is 9.81. The highest BCUT2D eigenvalue weighted by molar-refractivity contribution is 5.76. The van der Waals surface area contributed by atoms with E-state index in [1.807, 2.05) is 6.08 Å². The van der Waals surface area contributed by atoms with Gasteiger partial charge < -0.3 is 20.3 Å². The molecule has 0 spiro atoms. The first-order chi connectivity index (χ1) is 33.5. The lowest BCUT2D eigenvalue weighted by Crippen LogP contribution is -2.45. The van der Waals surface area contributed by atoms with Gasteiger partial charge in [-0.15, -0.1) is 0 Å². The van der Waals surface area contributed by atoms with E-state index in [9.17, 15) is 19.8 Å². The van der Waals surface area contributed by atoms with Crippen LogP contribution in [0.25, 0.3) is 0 Å². The van der Waals surface area contributed by atoms with Crippen molar-refractivity contribution in [2.45, 2.75) is 360 Å². The van der Waals surface area contributed by atoms with Crippen LogP contribution in [0.1, 0.15) is 348 Å². The highest BCUT2D eigenvalue weighted by Crippen LogP contribution is 2.18. The molecule has 0 saturated carbocycles. The fraction of sp³-hybridized carbons (Fsp3) is 0.935. The normalized spacial score (nSPS) is 12.6. The van der Waals surface area contributed by atoms with E-state index in [0.29, 0.717) is 19.4 Å². The molecule has 0 aromatic rings. The van der Waals surface area contributed by atoms with Gasteiger partial charge in [0.1, 0.15) is 0 Å². The van der Waals surface area contributed by atoms with Gasteiger partial charge in [0.2, 0.25) is 5.91 Å². The minimum Gasteiger partial charge on any atom is -0.466 e. The van der Waals surface area contributed by atoms with E-state index in [-0.39, 0.29) is 18.5 Å². The van der Waals surface area contributed by atoms with Crippen LogP contribution in [0.5, 0.6) is 0 Å². The van der Waals surface area contributed by atoms with Crippen LogP contribution >= 0.6 is 0 Å². The maximum atomic E-state index is 12.5. The van der Waals surface area contributed by atoms with Gasteiger partial charge in [0.25, 0.3) is 0 Å². The number of nitrogens with one attached hydrogen (secondary N) is 1. The van der Waals surface area contributed by atoms with Crippen LogP contribution in [-0.2, 0) is 14.3 Å². The highest BCUT2D eigenvalue weighted by Gasteiger charge is 2.18. The average Bonchev–Trinajstić information content (AvgIpc) is 3.34. The molecule has 6 heteroatoms. The van der Waals surface area contributed by atoms with E-state index in [2.05, 4.69) is 19.2 Å². The van der Waals surface area contributed by atoms with Crippen LogP contribution in [-0.4, -0.2) is 47.4 Å². The number of aliphatic hydroxyl groups excluding tert-OH is 2. The molecule has 0 aliphatic heterocycles. The molecule has 2 atom stereocenters. The summed E-state index contributed by atoms with van der Waals surface area (Å²) in [7, 11) is 0. The second kappa shape index (κ2) is 58.2. The summed E-state index contributed by atoms with van der Waals surface area (Å²) in [5.74, 6) is -0.0512. The molecule has 0 aromatic carbocycles. The number of esters is 1. The Hall–Kier alpha value is -1.40. The summed E-state index contributed by atoms with van der Waals surface area (Å²) in [6, 6.07) is -0.627. The molecule has 0 heterocycles. The molecule has 6 nitrogen and oxygen atoms in total. The Bertz CT molecular complexity index is 1020. The summed E-state index contributed by atoms with van der Waals surface area (Å²) in [4.78, 5) is 24.5. The maximum Gasteiger partial charge on any atom is 0.305 e. The minimum absolute atomic E-state index is 0.0140. The van der Waals surface area contributed by atoms with Gasteiger partial charge >= 0.3 is 5.97 Å². The summed E-state index contributed by atoms with van der Waals surface area (Å²) in [6.07, 6.45) is 69.6. The van der Waals surface area contributed by atoms with E-state index in [4.69, 9.17) is 4.74 Å². The van der Waals surface area contributed by atoms with Gasteiger partial charge in [0.15, 0.2) is 0 Å². The van der Waals surface area contributed by atoms with Crippen LogP contribution in [0.15, 0.2) is 12.2 Å². The minimum atomic E-state index is -0.844. The van der Waals surface area contributed by atoms with Crippen molar-refractivity contribution in [3.8, 4) is 0 Å². The quantitative estimate of drug-likeness (QED) is 0.0321. The summed E-state index contributed by atoms with van der Waals surface area (Å²) in [5.41, 5.74) is 0. The van der Waals surface area contributed by atoms with E-state index in [1.54, 1.807) is 6.08 Å². The zero-order valence-corrected chi connectivity index (χ0v) is 46.1. The summed E-state index contributed by atoms with van der Waals surface area (Å²) in [5, 5.41) is 23.2. The Kier molecular flexibility index (Phi) is 57.0. The first-order valence-corrected chi connectivity index (χ1v) is 31.0. The molecule has 0 rings (SSSR count). The van der Waals surface area contributed by atoms with Gasteiger partial charge in [0.05, 0.1) is 25.4 Å². The number of carbonyl (C=O) groups is 2. The summed E-state index contributed by atoms with van der Waals surface area (Å²) in [6.45, 7) is 4.93. The second-order valence-corrected chi connectivity index (χ2v) is 21.4. The number of rotatable bonds is 58. The summed E-state index contributed by atoms with van der Waals surface area (Å²) < 4.78 is 5.47. The first-order valence-electron chi connectivity index (χ1n) is 31.0. The third-order valence-corrected chi connectivity index (χ3v) is 14.6. The van der Waals surface area contributed by atoms with Crippen molar-refractivity contribution >= 4 is 11.9 Å². The molecule has 0 bridgehead atoms. The lowest BCUT2D eigenvalue weighted by molar-refractivity contribution is -0.143. The maximum absolute atomic E-state index is 12.5. The van der Waals surface area contributed by atoms with Crippen molar-refractivity contribution in [1.82, 2.24) is 5.32 Å². The van der Waals surface area contributed by atoms with Crippen molar-refractivity contribution in [2.75, 3.05) is 13.2 Å². The molecule has 0 saturated heterocycles. The number of aliphatic hydroxyl groups is 2. The van der Waals surface area contributed by atoms with Crippen LogP contribution in [0.3, 0.4) is 0 Å². The SMILES string of the molecule is CCCCCCCCCCCCCCCCC/C=C/C(O)C(CO)NC(=O)CCCCCCCCCCCCCCCCCCCCCCCCOC(=O)CCCCCCCCCCCCCC. The monoisotopic (exact) mass is 960 g/mol. The Morgan fingerprint density at radius 2 is 0.676 bits per heavy atom. The molecule has 404 valence electrons. The van der Waals surface area contributed by atoms with Crippen LogP contribution in [0.4, 0.5) is 0 Å². The number of hydrogen-bond acceptors (Lipinski definition) is 5. The zero-order valence-electron chi connectivity index (χ0n) is 46.1. The molecule has 1 amide bonds. The Balaban J connectivity index is 3.40. The van der Waals surface area contributed by atoms with E-state index in [0.717, 1.165) is 38.5 Å². The fourth-order valence-corrected chi connectivity index (χ4v) is 9.81. The van der Waals surface area contributed by atoms with Crippen molar-refractivity contribution in [3.63, 3.8) is 0 Å². The average molecular weight is 961 g/mol. The molecule has 3 N–H and O–H groups in total. The molecule has 0 radical (unpaired) electrons. The number of allylic oxidation sites excluding steroid dienone is 1. The molecule has 0 aliphatic carbocycles. The Morgan fingerprint density at radius 3 is 1.00 bits per heavy atom. The molecule has 2 unspecified atom stereocenters. The molecule has 0 fully saturated rings. The molecule has 68 heavy (non-hydrogen) atoms. The molecule has 0 aromatic heterocycles. The number of carbonyl (C=O) groups excluding carboxylic acids is 2. The van der Waals surface area contributed by atoms with Crippen LogP contribution < -0.4 is 5.32 Å². The molecular weight excluding hydrogens is 839 g/mol. The predicted molar refractivity (Wildman–Crippen MR) is 297 cm³/mol.